The second-order valence-corrected chi connectivity index (χ2v) is 5.39. The molecule has 1 saturated heterocycles. The topological polar surface area (TPSA) is 79.5 Å². The van der Waals surface area contributed by atoms with E-state index in [1.165, 1.54) is 0 Å². The maximum absolute atomic E-state index is 11.5. The minimum atomic E-state index is -0.761. The van der Waals surface area contributed by atoms with Crippen molar-refractivity contribution in [2.24, 2.45) is 5.92 Å². The summed E-state index contributed by atoms with van der Waals surface area (Å²) in [6.07, 6.45) is 5.08. The summed E-state index contributed by atoms with van der Waals surface area (Å²) in [7, 11) is 0. The first-order valence-corrected chi connectivity index (χ1v) is 6.89. The minimum absolute atomic E-state index is 0.0378. The summed E-state index contributed by atoms with van der Waals surface area (Å²) in [6.45, 7) is 3.61. The zero-order valence-corrected chi connectivity index (χ0v) is 11.8. The van der Waals surface area contributed by atoms with Crippen LogP contribution >= 0.6 is 0 Å². The fourth-order valence-electron chi connectivity index (χ4n) is 2.91. The number of aliphatic carboxylic acids is 1. The Labute approximate surface area is 122 Å². The highest BCUT2D eigenvalue weighted by Crippen LogP contribution is 2.33. The van der Waals surface area contributed by atoms with E-state index in [1.54, 1.807) is 25.6 Å². The molecule has 6 heteroatoms. The number of carbonyl (C=O) groups is 1. The third-order valence-corrected chi connectivity index (χ3v) is 3.88. The number of aromatic nitrogens is 2. The summed E-state index contributed by atoms with van der Waals surface area (Å²) in [6, 6.07) is 3.79. The van der Waals surface area contributed by atoms with Crippen LogP contribution in [0.1, 0.15) is 23.1 Å². The van der Waals surface area contributed by atoms with E-state index >= 15 is 0 Å². The van der Waals surface area contributed by atoms with Crippen LogP contribution < -0.4 is 0 Å². The van der Waals surface area contributed by atoms with Crippen molar-refractivity contribution in [2.75, 3.05) is 13.1 Å². The summed E-state index contributed by atoms with van der Waals surface area (Å²) < 4.78 is 5.20. The number of nitrogens with zero attached hydrogens (tertiary/aromatic N) is 3. The fourth-order valence-corrected chi connectivity index (χ4v) is 2.91. The lowest BCUT2D eigenvalue weighted by Gasteiger charge is -2.14. The van der Waals surface area contributed by atoms with Gasteiger partial charge < -0.3 is 9.52 Å². The van der Waals surface area contributed by atoms with Crippen LogP contribution in [0, 0.1) is 12.8 Å². The lowest BCUT2D eigenvalue weighted by Crippen LogP contribution is -2.23. The first kappa shape index (κ1) is 13.8. The Kier molecular flexibility index (Phi) is 3.70. The molecule has 1 aliphatic heterocycles. The summed E-state index contributed by atoms with van der Waals surface area (Å²) in [5.74, 6) is -0.586. The maximum atomic E-state index is 11.5. The molecule has 0 saturated carbocycles. The second kappa shape index (κ2) is 5.65. The van der Waals surface area contributed by atoms with Crippen LogP contribution in [-0.4, -0.2) is 39.0 Å². The lowest BCUT2D eigenvalue weighted by atomic mass is 9.90. The molecular weight excluding hydrogens is 270 g/mol. The summed E-state index contributed by atoms with van der Waals surface area (Å²) in [5, 5.41) is 9.45. The van der Waals surface area contributed by atoms with Crippen LogP contribution in [0.15, 0.2) is 35.2 Å². The van der Waals surface area contributed by atoms with E-state index in [2.05, 4.69) is 14.9 Å². The Hall–Kier alpha value is -2.21. The SMILES string of the molecule is Cc1nc(CN2C[C@@H](C(=O)O)[C@H](c3cccnc3)C2)co1. The van der Waals surface area contributed by atoms with Gasteiger partial charge in [0.2, 0.25) is 0 Å². The number of likely N-dealkylation sites (tertiary alicyclic amines) is 1. The first-order valence-electron chi connectivity index (χ1n) is 6.89. The molecule has 110 valence electrons. The first-order chi connectivity index (χ1) is 10.1. The molecule has 21 heavy (non-hydrogen) atoms. The number of aryl methyl sites for hydroxylation is 1. The van der Waals surface area contributed by atoms with Crippen molar-refractivity contribution in [2.45, 2.75) is 19.4 Å². The zero-order chi connectivity index (χ0) is 14.8. The van der Waals surface area contributed by atoms with Gasteiger partial charge in [-0.1, -0.05) is 6.07 Å². The Bertz CT molecular complexity index is 626. The molecule has 1 N–H and O–H groups in total. The van der Waals surface area contributed by atoms with Crippen molar-refractivity contribution in [1.82, 2.24) is 14.9 Å². The molecule has 2 atom stereocenters. The Morgan fingerprint density at radius 2 is 2.38 bits per heavy atom. The standard InChI is InChI=1S/C15H17N3O3/c1-10-17-12(9-21-10)6-18-7-13(14(8-18)15(19)20)11-3-2-4-16-5-11/h2-5,9,13-14H,6-8H2,1H3,(H,19,20)/t13-,14+/m0/s1. The molecule has 3 rings (SSSR count). The predicted molar refractivity (Wildman–Crippen MR) is 74.6 cm³/mol. The average Bonchev–Trinajstić information content (AvgIpc) is 3.07. The Morgan fingerprint density at radius 1 is 1.52 bits per heavy atom. The highest BCUT2D eigenvalue weighted by atomic mass is 16.4. The number of carboxylic acid groups (broad SMARTS) is 1. The molecule has 0 spiro atoms. The van der Waals surface area contributed by atoms with Crippen molar-refractivity contribution in [3.8, 4) is 0 Å². The normalized spacial score (nSPS) is 22.5. The van der Waals surface area contributed by atoms with Gasteiger partial charge in [0, 0.05) is 44.9 Å². The molecule has 0 bridgehead atoms. The van der Waals surface area contributed by atoms with Crippen molar-refractivity contribution in [1.29, 1.82) is 0 Å². The number of rotatable bonds is 4. The van der Waals surface area contributed by atoms with E-state index in [0.29, 0.717) is 25.5 Å². The number of pyridine rings is 1. The van der Waals surface area contributed by atoms with E-state index in [1.807, 2.05) is 12.1 Å². The largest absolute Gasteiger partial charge is 0.481 e. The lowest BCUT2D eigenvalue weighted by molar-refractivity contribution is -0.141. The third-order valence-electron chi connectivity index (χ3n) is 3.88. The summed E-state index contributed by atoms with van der Waals surface area (Å²) in [5.41, 5.74) is 1.81. The minimum Gasteiger partial charge on any atom is -0.481 e. The van der Waals surface area contributed by atoms with Gasteiger partial charge >= 0.3 is 5.97 Å². The number of carboxylic acids is 1. The van der Waals surface area contributed by atoms with Crippen LogP contribution in [0.2, 0.25) is 0 Å². The molecule has 2 aromatic heterocycles. The van der Waals surface area contributed by atoms with Crippen molar-refractivity contribution in [3.63, 3.8) is 0 Å². The van der Waals surface area contributed by atoms with Crippen LogP contribution in [0.25, 0.3) is 0 Å². The molecule has 0 unspecified atom stereocenters. The smallest absolute Gasteiger partial charge is 0.308 e. The van der Waals surface area contributed by atoms with Crippen molar-refractivity contribution >= 4 is 5.97 Å². The number of oxazole rings is 1. The van der Waals surface area contributed by atoms with Crippen LogP contribution in [0.4, 0.5) is 0 Å². The van der Waals surface area contributed by atoms with Gasteiger partial charge in [-0.3, -0.25) is 14.7 Å². The average molecular weight is 287 g/mol. The third kappa shape index (κ3) is 2.95. The molecule has 6 nitrogen and oxygen atoms in total. The maximum Gasteiger partial charge on any atom is 0.308 e. The molecule has 0 aromatic carbocycles. The summed E-state index contributed by atoms with van der Waals surface area (Å²) in [4.78, 5) is 22.0. The molecule has 0 radical (unpaired) electrons. The predicted octanol–water partition coefficient (Wildman–Crippen LogP) is 1.68. The van der Waals surface area contributed by atoms with Gasteiger partial charge in [0.05, 0.1) is 11.6 Å². The van der Waals surface area contributed by atoms with Gasteiger partial charge in [0.15, 0.2) is 5.89 Å². The molecule has 0 aliphatic carbocycles. The number of hydrogen-bond acceptors (Lipinski definition) is 5. The van der Waals surface area contributed by atoms with Crippen LogP contribution in [0.5, 0.6) is 0 Å². The zero-order valence-electron chi connectivity index (χ0n) is 11.8. The molecule has 1 fully saturated rings. The van der Waals surface area contributed by atoms with E-state index in [9.17, 15) is 9.90 Å². The van der Waals surface area contributed by atoms with Crippen molar-refractivity contribution < 1.29 is 14.3 Å². The Balaban J connectivity index is 1.76. The van der Waals surface area contributed by atoms with Crippen LogP contribution in [-0.2, 0) is 11.3 Å². The van der Waals surface area contributed by atoms with Crippen LogP contribution in [0.3, 0.4) is 0 Å². The van der Waals surface area contributed by atoms with Gasteiger partial charge in [0.25, 0.3) is 0 Å². The molecule has 2 aromatic rings. The molecular formula is C15H17N3O3. The van der Waals surface area contributed by atoms with E-state index in [-0.39, 0.29) is 5.92 Å². The van der Waals surface area contributed by atoms with E-state index < -0.39 is 11.9 Å². The highest BCUT2D eigenvalue weighted by Gasteiger charge is 2.38. The van der Waals surface area contributed by atoms with Gasteiger partial charge in [-0.25, -0.2) is 4.98 Å². The molecule has 0 amide bonds. The van der Waals surface area contributed by atoms with Gasteiger partial charge in [0.1, 0.15) is 6.26 Å². The molecule has 1 aliphatic rings. The Morgan fingerprint density at radius 3 is 3.00 bits per heavy atom. The monoisotopic (exact) mass is 287 g/mol. The van der Waals surface area contributed by atoms with E-state index in [0.717, 1.165) is 11.3 Å². The van der Waals surface area contributed by atoms with Gasteiger partial charge in [-0.05, 0) is 11.6 Å². The quantitative estimate of drug-likeness (QED) is 0.921. The fraction of sp³-hybridized carbons (Fsp3) is 0.400. The van der Waals surface area contributed by atoms with E-state index in [4.69, 9.17) is 4.42 Å². The number of hydrogen-bond donors (Lipinski definition) is 1. The molecule has 3 heterocycles. The van der Waals surface area contributed by atoms with Crippen molar-refractivity contribution in [3.05, 3.63) is 47.9 Å². The highest BCUT2D eigenvalue weighted by molar-refractivity contribution is 5.72. The summed E-state index contributed by atoms with van der Waals surface area (Å²) >= 11 is 0. The van der Waals surface area contributed by atoms with Gasteiger partial charge in [-0.2, -0.15) is 0 Å². The van der Waals surface area contributed by atoms with Gasteiger partial charge in [-0.15, -0.1) is 0 Å². The second-order valence-electron chi connectivity index (χ2n) is 5.39.